The number of carbonyl (C=O) groups excluding carboxylic acids is 1. The van der Waals surface area contributed by atoms with E-state index < -0.39 is 5.54 Å². The molecule has 2 aromatic heterocycles. The summed E-state index contributed by atoms with van der Waals surface area (Å²) < 4.78 is 5.52. The Balaban J connectivity index is 1.51. The van der Waals surface area contributed by atoms with Crippen molar-refractivity contribution in [2.45, 2.75) is 38.3 Å². The summed E-state index contributed by atoms with van der Waals surface area (Å²) in [4.78, 5) is 37.2. The zero-order valence-corrected chi connectivity index (χ0v) is 19.4. The van der Waals surface area contributed by atoms with Crippen molar-refractivity contribution in [2.24, 2.45) is 5.73 Å². The maximum atomic E-state index is 12.6. The van der Waals surface area contributed by atoms with E-state index in [9.17, 15) is 4.79 Å². The lowest BCUT2D eigenvalue weighted by atomic mass is 9.88. The van der Waals surface area contributed by atoms with E-state index in [1.807, 2.05) is 4.90 Å². The van der Waals surface area contributed by atoms with Crippen LogP contribution in [0.2, 0.25) is 0 Å². The second-order valence-electron chi connectivity index (χ2n) is 9.89. The van der Waals surface area contributed by atoms with E-state index in [1.54, 1.807) is 26.2 Å². The van der Waals surface area contributed by atoms with Gasteiger partial charge in [-0.25, -0.2) is 15.0 Å². The fraction of sp³-hybridized carbons (Fsp3) is 0.591. The van der Waals surface area contributed by atoms with Crippen molar-refractivity contribution in [3.63, 3.8) is 0 Å². The van der Waals surface area contributed by atoms with Gasteiger partial charge in [0.05, 0.1) is 30.0 Å². The highest BCUT2D eigenvalue weighted by Gasteiger charge is 2.50. The number of hydrogen-bond acceptors (Lipinski definition) is 10. The van der Waals surface area contributed by atoms with Crippen molar-refractivity contribution in [1.29, 1.82) is 0 Å². The molecule has 0 bridgehead atoms. The van der Waals surface area contributed by atoms with Crippen molar-refractivity contribution in [1.82, 2.24) is 24.8 Å². The van der Waals surface area contributed by atoms with Crippen molar-refractivity contribution < 1.29 is 9.53 Å². The van der Waals surface area contributed by atoms with Gasteiger partial charge in [-0.1, -0.05) is 0 Å². The molecule has 1 amide bonds. The molecule has 2 aromatic rings. The number of ether oxygens (including phenoxy) is 1. The van der Waals surface area contributed by atoms with E-state index >= 15 is 0 Å². The molecule has 0 unspecified atom stereocenters. The van der Waals surface area contributed by atoms with Gasteiger partial charge in [0.2, 0.25) is 17.8 Å². The van der Waals surface area contributed by atoms with E-state index in [0.717, 1.165) is 48.7 Å². The Morgan fingerprint density at radius 1 is 1.12 bits per heavy atom. The molecule has 33 heavy (non-hydrogen) atoms. The number of nitrogens with two attached hydrogens (primary N) is 2. The molecular weight excluding hydrogens is 422 g/mol. The SMILES string of the molecule is CC(C)(N)C(=O)N1CC(C)(N2CCc3c(-c4cnc(N)nc4)nc(N4CCOCC4)nc32)C1. The van der Waals surface area contributed by atoms with Crippen molar-refractivity contribution >= 4 is 23.6 Å². The third-order valence-electron chi connectivity index (χ3n) is 6.61. The number of fused-ring (bicyclic) bond motifs is 1. The van der Waals surface area contributed by atoms with Crippen LogP contribution in [0.4, 0.5) is 17.7 Å². The summed E-state index contributed by atoms with van der Waals surface area (Å²) in [5, 5.41) is 0. The molecule has 11 nitrogen and oxygen atoms in total. The summed E-state index contributed by atoms with van der Waals surface area (Å²) in [7, 11) is 0. The quantitative estimate of drug-likeness (QED) is 0.653. The third kappa shape index (κ3) is 3.84. The first-order valence-electron chi connectivity index (χ1n) is 11.3. The summed E-state index contributed by atoms with van der Waals surface area (Å²) in [6.07, 6.45) is 4.24. The minimum atomic E-state index is -0.877. The molecule has 5 heterocycles. The van der Waals surface area contributed by atoms with Crippen LogP contribution in [0.3, 0.4) is 0 Å². The van der Waals surface area contributed by atoms with Gasteiger partial charge in [0.15, 0.2) is 0 Å². The van der Waals surface area contributed by atoms with E-state index in [1.165, 1.54) is 0 Å². The van der Waals surface area contributed by atoms with Crippen LogP contribution in [0.1, 0.15) is 26.3 Å². The fourth-order valence-corrected chi connectivity index (χ4v) is 4.87. The second-order valence-corrected chi connectivity index (χ2v) is 9.89. The minimum absolute atomic E-state index is 0.0317. The van der Waals surface area contributed by atoms with Gasteiger partial charge in [-0.05, 0) is 27.2 Å². The van der Waals surface area contributed by atoms with Crippen LogP contribution < -0.4 is 21.3 Å². The van der Waals surface area contributed by atoms with Crippen LogP contribution in [0, 0.1) is 0 Å². The average Bonchev–Trinajstić information content (AvgIpc) is 3.21. The summed E-state index contributed by atoms with van der Waals surface area (Å²) >= 11 is 0. The maximum absolute atomic E-state index is 12.6. The number of likely N-dealkylation sites (tertiary alicyclic amines) is 1. The van der Waals surface area contributed by atoms with Gasteiger partial charge in [-0.15, -0.1) is 0 Å². The third-order valence-corrected chi connectivity index (χ3v) is 6.61. The second kappa shape index (κ2) is 7.77. The number of nitrogens with zero attached hydrogens (tertiary/aromatic N) is 7. The Morgan fingerprint density at radius 3 is 2.42 bits per heavy atom. The Morgan fingerprint density at radius 2 is 1.79 bits per heavy atom. The molecule has 0 saturated carbocycles. The van der Waals surface area contributed by atoms with Gasteiger partial charge in [0.25, 0.3) is 0 Å². The highest BCUT2D eigenvalue weighted by atomic mass is 16.5. The Labute approximate surface area is 193 Å². The van der Waals surface area contributed by atoms with Crippen LogP contribution in [0.15, 0.2) is 12.4 Å². The molecule has 0 spiro atoms. The molecule has 4 N–H and O–H groups in total. The molecule has 2 fully saturated rings. The van der Waals surface area contributed by atoms with Crippen molar-refractivity contribution in [3.05, 3.63) is 18.0 Å². The molecule has 3 aliphatic heterocycles. The topological polar surface area (TPSA) is 140 Å². The Kier molecular flexibility index (Phi) is 5.13. The molecule has 0 radical (unpaired) electrons. The average molecular weight is 454 g/mol. The van der Waals surface area contributed by atoms with Crippen LogP contribution in [0.5, 0.6) is 0 Å². The zero-order valence-electron chi connectivity index (χ0n) is 19.4. The van der Waals surface area contributed by atoms with Crippen molar-refractivity contribution in [2.75, 3.05) is 61.5 Å². The van der Waals surface area contributed by atoms with Gasteiger partial charge in [-0.3, -0.25) is 4.79 Å². The number of morpholine rings is 1. The van der Waals surface area contributed by atoms with E-state index in [0.29, 0.717) is 32.3 Å². The molecule has 0 aromatic carbocycles. The summed E-state index contributed by atoms with van der Waals surface area (Å²) in [6.45, 7) is 10.5. The lowest BCUT2D eigenvalue weighted by molar-refractivity contribution is -0.143. The van der Waals surface area contributed by atoms with Crippen LogP contribution >= 0.6 is 0 Å². The van der Waals surface area contributed by atoms with Crippen LogP contribution in [-0.2, 0) is 16.0 Å². The number of hydrogen-bond donors (Lipinski definition) is 2. The highest BCUT2D eigenvalue weighted by molar-refractivity contribution is 5.86. The first kappa shape index (κ1) is 21.8. The predicted molar refractivity (Wildman–Crippen MR) is 125 cm³/mol. The molecule has 176 valence electrons. The standard InChI is InChI=1S/C22H31N9O2/c1-21(2,24)18(32)30-12-22(3,13-30)31-5-4-15-16(14-10-25-19(23)26-11-14)27-20(28-17(15)31)29-6-8-33-9-7-29/h10-11H,4-9,12-13,24H2,1-3H3,(H2,23,25,26). The zero-order chi connectivity index (χ0) is 23.4. The Bertz CT molecular complexity index is 1050. The first-order chi connectivity index (χ1) is 15.7. The largest absolute Gasteiger partial charge is 0.378 e. The predicted octanol–water partition coefficient (Wildman–Crippen LogP) is 0.0531. The van der Waals surface area contributed by atoms with Gasteiger partial charge in [0, 0.05) is 56.2 Å². The normalized spacial score (nSPS) is 19.9. The molecule has 0 aliphatic carbocycles. The number of rotatable bonds is 4. The highest BCUT2D eigenvalue weighted by Crippen LogP contribution is 2.41. The van der Waals surface area contributed by atoms with Gasteiger partial charge in [-0.2, -0.15) is 4.98 Å². The summed E-state index contributed by atoms with van der Waals surface area (Å²) in [5.74, 6) is 1.79. The molecule has 0 atom stereocenters. The summed E-state index contributed by atoms with van der Waals surface area (Å²) in [5.41, 5.74) is 13.4. The van der Waals surface area contributed by atoms with Crippen LogP contribution in [-0.4, -0.2) is 87.8 Å². The van der Waals surface area contributed by atoms with Gasteiger partial charge in [0.1, 0.15) is 5.82 Å². The fourth-order valence-electron chi connectivity index (χ4n) is 4.87. The van der Waals surface area contributed by atoms with Gasteiger partial charge >= 0.3 is 0 Å². The monoisotopic (exact) mass is 453 g/mol. The molecule has 3 aliphatic rings. The molecule has 5 rings (SSSR count). The van der Waals surface area contributed by atoms with E-state index in [4.69, 9.17) is 26.2 Å². The van der Waals surface area contributed by atoms with Gasteiger partial charge < -0.3 is 30.9 Å². The molecule has 11 heteroatoms. The lowest BCUT2D eigenvalue weighted by Crippen LogP contribution is -2.72. The number of anilines is 3. The smallest absolute Gasteiger partial charge is 0.242 e. The van der Waals surface area contributed by atoms with Crippen LogP contribution in [0.25, 0.3) is 11.3 Å². The van der Waals surface area contributed by atoms with E-state index in [-0.39, 0.29) is 17.4 Å². The lowest BCUT2D eigenvalue weighted by Gasteiger charge is -2.54. The number of carbonyl (C=O) groups is 1. The molecular formula is C22H31N9O2. The summed E-state index contributed by atoms with van der Waals surface area (Å²) in [6, 6.07) is 0. The number of aromatic nitrogens is 4. The van der Waals surface area contributed by atoms with Crippen molar-refractivity contribution in [3.8, 4) is 11.3 Å². The number of nitrogen functional groups attached to an aromatic ring is 1. The van der Waals surface area contributed by atoms with E-state index in [2.05, 4.69) is 26.7 Å². The first-order valence-corrected chi connectivity index (χ1v) is 11.3. The molecule has 2 saturated heterocycles. The number of amides is 1. The minimum Gasteiger partial charge on any atom is -0.378 e. The maximum Gasteiger partial charge on any atom is 0.242 e. The Hall–Kier alpha value is -3.05.